The molecule has 2 heterocycles. The number of para-hydroxylation sites is 1. The second-order valence-electron chi connectivity index (χ2n) is 8.67. The predicted molar refractivity (Wildman–Crippen MR) is 142 cm³/mol. The average Bonchev–Trinajstić information content (AvgIpc) is 3.17. The number of ether oxygens (including phenoxy) is 1. The number of amides is 1. The van der Waals surface area contributed by atoms with Crippen LogP contribution in [-0.2, 0) is 11.8 Å². The first-order valence-corrected chi connectivity index (χ1v) is 12.0. The minimum atomic E-state index is -0.528. The van der Waals surface area contributed by atoms with Gasteiger partial charge in [0.05, 0.1) is 17.9 Å². The topological polar surface area (TPSA) is 81.5 Å². The summed E-state index contributed by atoms with van der Waals surface area (Å²) in [7, 11) is 1.69. The molecular formula is C30H25N3O4. The lowest BCUT2D eigenvalue weighted by atomic mass is 10.1. The molecule has 37 heavy (non-hydrogen) atoms. The minimum absolute atomic E-state index is 0.240. The summed E-state index contributed by atoms with van der Waals surface area (Å²) in [5, 5.41) is 0.808. The lowest BCUT2D eigenvalue weighted by Gasteiger charge is -2.16. The van der Waals surface area contributed by atoms with E-state index >= 15 is 0 Å². The summed E-state index contributed by atoms with van der Waals surface area (Å²) < 4.78 is 7.62. The summed E-state index contributed by atoms with van der Waals surface area (Å²) in [5.74, 6) is -0.700. The number of nitrogens with zero attached hydrogens (tertiary/aromatic N) is 3. The van der Waals surface area contributed by atoms with Gasteiger partial charge in [-0.2, -0.15) is 0 Å². The molecule has 0 N–H and O–H groups in total. The maximum absolute atomic E-state index is 13.1. The second-order valence-corrected chi connectivity index (χ2v) is 8.67. The standard InChI is InChI=1S/C30H25N3O4/c1-32-26(20-22-13-6-3-7-14-22)28(31-24(29(32)35)19-21-11-4-2-5-12-21)37-18-10-17-33-25-16-9-8-15-23(25)27(34)30(33)36/h2-9,11-16,19-20H,10,17-18H2,1H3. The molecule has 7 heteroatoms. The highest BCUT2D eigenvalue weighted by Crippen LogP contribution is 2.28. The Kier molecular flexibility index (Phi) is 6.76. The van der Waals surface area contributed by atoms with Gasteiger partial charge >= 0.3 is 0 Å². The number of carbonyl (C=O) groups excluding carboxylic acids is 2. The van der Waals surface area contributed by atoms with Gasteiger partial charge in [0, 0.05) is 13.6 Å². The van der Waals surface area contributed by atoms with Crippen molar-refractivity contribution < 1.29 is 14.3 Å². The van der Waals surface area contributed by atoms with Crippen LogP contribution in [0.25, 0.3) is 12.2 Å². The molecule has 1 aliphatic heterocycles. The van der Waals surface area contributed by atoms with Gasteiger partial charge in [0.25, 0.3) is 17.2 Å². The van der Waals surface area contributed by atoms with Gasteiger partial charge in [-0.15, -0.1) is 0 Å². The highest BCUT2D eigenvalue weighted by atomic mass is 16.5. The van der Waals surface area contributed by atoms with E-state index in [-0.39, 0.29) is 17.5 Å². The van der Waals surface area contributed by atoms with Crippen molar-refractivity contribution in [2.24, 2.45) is 7.05 Å². The van der Waals surface area contributed by atoms with Gasteiger partial charge in [-0.25, -0.2) is 4.98 Å². The van der Waals surface area contributed by atoms with E-state index in [4.69, 9.17) is 4.74 Å². The molecule has 0 saturated carbocycles. The van der Waals surface area contributed by atoms with Crippen LogP contribution >= 0.6 is 0 Å². The molecular weight excluding hydrogens is 466 g/mol. The summed E-state index contributed by atoms with van der Waals surface area (Å²) in [6.45, 7) is 0.569. The van der Waals surface area contributed by atoms with Crippen molar-refractivity contribution in [3.05, 3.63) is 123 Å². The molecule has 0 atom stereocenters. The van der Waals surface area contributed by atoms with Crippen molar-refractivity contribution >= 4 is 29.5 Å². The monoisotopic (exact) mass is 491 g/mol. The molecule has 7 nitrogen and oxygen atoms in total. The Labute approximate surface area is 213 Å². The molecule has 0 aliphatic carbocycles. The van der Waals surface area contributed by atoms with E-state index in [9.17, 15) is 14.4 Å². The average molecular weight is 492 g/mol. The van der Waals surface area contributed by atoms with Gasteiger partial charge in [-0.1, -0.05) is 72.8 Å². The van der Waals surface area contributed by atoms with Crippen LogP contribution in [0.1, 0.15) is 27.9 Å². The maximum atomic E-state index is 13.1. The second kappa shape index (κ2) is 10.5. The van der Waals surface area contributed by atoms with Crippen LogP contribution in [0.2, 0.25) is 0 Å². The van der Waals surface area contributed by atoms with E-state index in [2.05, 4.69) is 4.98 Å². The molecule has 0 saturated heterocycles. The summed E-state index contributed by atoms with van der Waals surface area (Å²) in [6.07, 6.45) is 4.06. The van der Waals surface area contributed by atoms with Crippen LogP contribution < -0.4 is 25.9 Å². The highest BCUT2D eigenvalue weighted by Gasteiger charge is 2.34. The van der Waals surface area contributed by atoms with E-state index in [1.807, 2.05) is 66.7 Å². The molecule has 0 radical (unpaired) electrons. The number of rotatable bonds is 7. The number of hydrogen-bond acceptors (Lipinski definition) is 5. The summed E-state index contributed by atoms with van der Waals surface area (Å²) in [4.78, 5) is 43.9. The van der Waals surface area contributed by atoms with Crippen LogP contribution in [0.5, 0.6) is 5.88 Å². The Hall–Kier alpha value is -4.78. The number of carbonyl (C=O) groups is 2. The minimum Gasteiger partial charge on any atom is -0.476 e. The van der Waals surface area contributed by atoms with Crippen LogP contribution in [-0.4, -0.2) is 34.4 Å². The molecule has 0 unspecified atom stereocenters. The van der Waals surface area contributed by atoms with E-state index < -0.39 is 11.7 Å². The number of ketones is 1. The van der Waals surface area contributed by atoms with E-state index in [0.717, 1.165) is 11.1 Å². The number of benzene rings is 3. The van der Waals surface area contributed by atoms with Crippen LogP contribution in [0.3, 0.4) is 0 Å². The van der Waals surface area contributed by atoms with Gasteiger partial charge in [-0.3, -0.25) is 14.4 Å². The Morgan fingerprint density at radius 2 is 1.43 bits per heavy atom. The quantitative estimate of drug-likeness (QED) is 0.293. The van der Waals surface area contributed by atoms with Crippen molar-refractivity contribution in [2.75, 3.05) is 18.1 Å². The van der Waals surface area contributed by atoms with E-state index in [0.29, 0.717) is 35.4 Å². The molecule has 0 fully saturated rings. The van der Waals surface area contributed by atoms with Crippen molar-refractivity contribution in [3.63, 3.8) is 0 Å². The van der Waals surface area contributed by atoms with Crippen LogP contribution in [0.4, 0.5) is 5.69 Å². The summed E-state index contributed by atoms with van der Waals surface area (Å²) >= 11 is 0. The fraction of sp³-hybridized carbons (Fsp3) is 0.133. The van der Waals surface area contributed by atoms with Gasteiger partial charge in [0.1, 0.15) is 10.7 Å². The highest BCUT2D eigenvalue weighted by molar-refractivity contribution is 6.52. The van der Waals surface area contributed by atoms with Crippen molar-refractivity contribution in [1.29, 1.82) is 0 Å². The van der Waals surface area contributed by atoms with Gasteiger partial charge in [-0.05, 0) is 41.8 Å². The molecule has 1 aromatic heterocycles. The molecule has 4 aromatic rings. The Balaban J connectivity index is 1.44. The van der Waals surface area contributed by atoms with Crippen molar-refractivity contribution in [2.45, 2.75) is 6.42 Å². The Morgan fingerprint density at radius 3 is 2.14 bits per heavy atom. The van der Waals surface area contributed by atoms with E-state index in [1.54, 1.807) is 37.4 Å². The fourth-order valence-electron chi connectivity index (χ4n) is 4.27. The number of anilines is 1. The molecule has 3 aromatic carbocycles. The zero-order valence-corrected chi connectivity index (χ0v) is 20.3. The van der Waals surface area contributed by atoms with Crippen LogP contribution in [0.15, 0.2) is 89.7 Å². The lowest BCUT2D eigenvalue weighted by molar-refractivity contribution is -0.114. The first kappa shape index (κ1) is 23.9. The zero-order chi connectivity index (χ0) is 25.8. The normalized spacial score (nSPS) is 13.8. The number of fused-ring (bicyclic) bond motifs is 1. The summed E-state index contributed by atoms with van der Waals surface area (Å²) in [5.41, 5.74) is 2.57. The molecule has 184 valence electrons. The first-order valence-electron chi connectivity index (χ1n) is 12.0. The van der Waals surface area contributed by atoms with Crippen molar-refractivity contribution in [3.8, 4) is 5.88 Å². The lowest BCUT2D eigenvalue weighted by Crippen LogP contribution is -2.44. The maximum Gasteiger partial charge on any atom is 0.299 e. The molecule has 5 rings (SSSR count). The third-order valence-electron chi connectivity index (χ3n) is 6.18. The Morgan fingerprint density at radius 1 is 0.811 bits per heavy atom. The Bertz CT molecular complexity index is 1640. The first-order chi connectivity index (χ1) is 18.0. The largest absolute Gasteiger partial charge is 0.476 e. The molecule has 1 amide bonds. The molecule has 1 aliphatic rings. The van der Waals surface area contributed by atoms with Crippen LogP contribution in [0, 0.1) is 0 Å². The van der Waals surface area contributed by atoms with Gasteiger partial charge < -0.3 is 14.2 Å². The fourth-order valence-corrected chi connectivity index (χ4v) is 4.27. The third-order valence-corrected chi connectivity index (χ3v) is 6.18. The smallest absolute Gasteiger partial charge is 0.299 e. The van der Waals surface area contributed by atoms with E-state index in [1.165, 1.54) is 9.47 Å². The number of Topliss-reactive ketones (excluding diaryl/α,β-unsaturated/α-hetero) is 1. The SMILES string of the molecule is Cn1c(=Cc2ccccc2)c(OCCCN2C(=O)C(=O)c3ccccc32)nc(=Cc2ccccc2)c1=O. The third kappa shape index (κ3) is 4.97. The molecule has 0 bridgehead atoms. The number of aromatic nitrogens is 2. The number of hydrogen-bond donors (Lipinski definition) is 0. The predicted octanol–water partition coefficient (Wildman–Crippen LogP) is 2.44. The summed E-state index contributed by atoms with van der Waals surface area (Å²) in [6, 6.07) is 26.1. The van der Waals surface area contributed by atoms with Crippen molar-refractivity contribution in [1.82, 2.24) is 9.55 Å². The zero-order valence-electron chi connectivity index (χ0n) is 20.3. The van der Waals surface area contributed by atoms with Gasteiger partial charge in [0.2, 0.25) is 5.88 Å². The molecule has 0 spiro atoms. The van der Waals surface area contributed by atoms with Gasteiger partial charge in [0.15, 0.2) is 0 Å².